The maximum Gasteiger partial charge on any atom is 0.172 e. The van der Waals surface area contributed by atoms with Crippen molar-refractivity contribution in [2.75, 3.05) is 13.2 Å². The number of aromatic nitrogens is 1. The van der Waals surface area contributed by atoms with Crippen molar-refractivity contribution in [3.8, 4) is 0 Å². The molecule has 2 aliphatic rings. The maximum absolute atomic E-state index is 6.11. The lowest BCUT2D eigenvalue weighted by molar-refractivity contribution is -0.159. The molecule has 1 fully saturated rings. The summed E-state index contributed by atoms with van der Waals surface area (Å²) in [5, 5.41) is 2.04. The van der Waals surface area contributed by atoms with Gasteiger partial charge in [-0.05, 0) is 24.1 Å². The molecule has 4 heteroatoms. The quantitative estimate of drug-likeness (QED) is 0.790. The van der Waals surface area contributed by atoms with Crippen LogP contribution in [-0.2, 0) is 16.5 Å². The van der Waals surface area contributed by atoms with Crippen LogP contribution < -0.4 is 0 Å². The summed E-state index contributed by atoms with van der Waals surface area (Å²) >= 11 is 6.11. The van der Waals surface area contributed by atoms with Crippen LogP contribution in [0.5, 0.6) is 0 Å². The summed E-state index contributed by atoms with van der Waals surface area (Å²) in [5.74, 6) is -0.350. The minimum atomic E-state index is -0.350. The molecule has 110 valence electrons. The molecule has 2 aromatic rings. The topological polar surface area (TPSA) is 23.4 Å². The van der Waals surface area contributed by atoms with E-state index < -0.39 is 0 Å². The molecule has 0 atom stereocenters. The van der Waals surface area contributed by atoms with E-state index in [1.807, 2.05) is 12.1 Å². The Kier molecular flexibility index (Phi) is 3.10. The van der Waals surface area contributed by atoms with Crippen molar-refractivity contribution in [3.05, 3.63) is 41.1 Å². The summed E-state index contributed by atoms with van der Waals surface area (Å²) in [4.78, 5) is 0. The third-order valence-corrected chi connectivity index (χ3v) is 4.78. The number of benzene rings is 1. The van der Waals surface area contributed by atoms with E-state index in [1.165, 1.54) is 22.0 Å². The first kappa shape index (κ1) is 13.4. The largest absolute Gasteiger partial charge is 0.350 e. The van der Waals surface area contributed by atoms with Gasteiger partial charge >= 0.3 is 0 Å². The van der Waals surface area contributed by atoms with Crippen molar-refractivity contribution >= 4 is 28.1 Å². The number of halogens is 1. The van der Waals surface area contributed by atoms with Gasteiger partial charge in [0.05, 0.1) is 13.2 Å². The molecule has 0 unspecified atom stereocenters. The monoisotopic (exact) mass is 303 g/mol. The Morgan fingerprint density at radius 1 is 1.24 bits per heavy atom. The average Bonchev–Trinajstić information content (AvgIpc) is 3.06. The number of nitrogens with zero attached hydrogens (tertiary/aromatic N) is 1. The van der Waals surface area contributed by atoms with Gasteiger partial charge in [0, 0.05) is 47.6 Å². The van der Waals surface area contributed by atoms with Crippen molar-refractivity contribution in [1.82, 2.24) is 4.57 Å². The van der Waals surface area contributed by atoms with Crippen molar-refractivity contribution in [2.24, 2.45) is 7.05 Å². The third-order valence-electron chi connectivity index (χ3n) is 4.55. The van der Waals surface area contributed by atoms with Gasteiger partial charge in [0.1, 0.15) is 0 Å². The lowest BCUT2D eigenvalue weighted by Crippen LogP contribution is -2.31. The van der Waals surface area contributed by atoms with E-state index in [0.29, 0.717) is 0 Å². The van der Waals surface area contributed by atoms with Crippen molar-refractivity contribution < 1.29 is 9.47 Å². The minimum absolute atomic E-state index is 0.350. The van der Waals surface area contributed by atoms with E-state index in [4.69, 9.17) is 21.1 Å². The highest BCUT2D eigenvalue weighted by Crippen LogP contribution is 2.40. The normalized spacial score (nSPS) is 21.1. The highest BCUT2D eigenvalue weighted by Gasteiger charge is 2.37. The fourth-order valence-corrected chi connectivity index (χ4v) is 3.59. The minimum Gasteiger partial charge on any atom is -0.350 e. The SMILES string of the molecule is Cn1cc(C2=CCC3(CC2)OCCO3)c2ccc(Cl)cc21. The molecule has 1 aromatic carbocycles. The smallest absolute Gasteiger partial charge is 0.172 e. The van der Waals surface area contributed by atoms with Crippen LogP contribution in [0.3, 0.4) is 0 Å². The summed E-state index contributed by atoms with van der Waals surface area (Å²) in [6, 6.07) is 6.09. The number of aryl methyl sites for hydroxylation is 1. The first-order valence-electron chi connectivity index (χ1n) is 7.39. The zero-order valence-electron chi connectivity index (χ0n) is 12.1. The zero-order chi connectivity index (χ0) is 14.4. The average molecular weight is 304 g/mol. The lowest BCUT2D eigenvalue weighted by Gasteiger charge is -2.30. The van der Waals surface area contributed by atoms with Crippen LogP contribution in [0, 0.1) is 0 Å². The fourth-order valence-electron chi connectivity index (χ4n) is 3.42. The molecule has 3 nitrogen and oxygen atoms in total. The summed E-state index contributed by atoms with van der Waals surface area (Å²) in [6.45, 7) is 1.44. The first-order chi connectivity index (χ1) is 10.2. The van der Waals surface area contributed by atoms with Gasteiger partial charge in [-0.3, -0.25) is 0 Å². The van der Waals surface area contributed by atoms with Crippen molar-refractivity contribution in [1.29, 1.82) is 0 Å². The Bertz CT molecular complexity index is 726. The predicted molar refractivity (Wildman–Crippen MR) is 84.4 cm³/mol. The highest BCUT2D eigenvalue weighted by atomic mass is 35.5. The van der Waals surface area contributed by atoms with E-state index in [1.54, 1.807) is 0 Å². The van der Waals surface area contributed by atoms with Gasteiger partial charge in [-0.15, -0.1) is 0 Å². The molecule has 21 heavy (non-hydrogen) atoms. The molecular weight excluding hydrogens is 286 g/mol. The molecule has 1 aliphatic carbocycles. The molecule has 1 aromatic heterocycles. The van der Waals surface area contributed by atoms with Crippen LogP contribution in [0.1, 0.15) is 24.8 Å². The van der Waals surface area contributed by atoms with E-state index in [2.05, 4.69) is 30.0 Å². The van der Waals surface area contributed by atoms with E-state index >= 15 is 0 Å². The second-order valence-corrected chi connectivity index (χ2v) is 6.29. The molecule has 0 N–H and O–H groups in total. The Morgan fingerprint density at radius 3 is 2.76 bits per heavy atom. The van der Waals surface area contributed by atoms with E-state index in [9.17, 15) is 0 Å². The molecule has 1 spiro atoms. The van der Waals surface area contributed by atoms with Gasteiger partial charge in [-0.2, -0.15) is 0 Å². The third kappa shape index (κ3) is 2.20. The lowest BCUT2D eigenvalue weighted by atomic mass is 9.90. The van der Waals surface area contributed by atoms with Crippen LogP contribution in [0.4, 0.5) is 0 Å². The number of hydrogen-bond donors (Lipinski definition) is 0. The van der Waals surface area contributed by atoms with Gasteiger partial charge < -0.3 is 14.0 Å². The molecule has 4 rings (SSSR count). The van der Waals surface area contributed by atoms with Gasteiger partial charge in [0.15, 0.2) is 5.79 Å². The molecule has 2 heterocycles. The number of ether oxygens (including phenoxy) is 2. The Labute approximate surface area is 129 Å². The molecule has 0 saturated carbocycles. The second kappa shape index (κ2) is 4.87. The van der Waals surface area contributed by atoms with Gasteiger partial charge in [0.25, 0.3) is 0 Å². The molecular formula is C17H18ClNO2. The van der Waals surface area contributed by atoms with Crippen molar-refractivity contribution in [2.45, 2.75) is 25.0 Å². The molecule has 1 aliphatic heterocycles. The summed E-state index contributed by atoms with van der Waals surface area (Å²) < 4.78 is 13.7. The standard InChI is InChI=1S/C17H18ClNO2/c1-19-11-15(14-3-2-13(18)10-16(14)19)12-4-6-17(7-5-12)20-8-9-21-17/h2-4,10-11H,5-9H2,1H3. The molecule has 1 saturated heterocycles. The Hall–Kier alpha value is -1.29. The Balaban J connectivity index is 1.73. The second-order valence-electron chi connectivity index (χ2n) is 5.86. The predicted octanol–water partition coefficient (Wildman–Crippen LogP) is 4.14. The number of fused-ring (bicyclic) bond motifs is 1. The number of allylic oxidation sites excluding steroid dienone is 1. The van der Waals surface area contributed by atoms with Gasteiger partial charge in [-0.25, -0.2) is 0 Å². The summed E-state index contributed by atoms with van der Waals surface area (Å²) in [6.07, 6.45) is 7.23. The number of rotatable bonds is 1. The Morgan fingerprint density at radius 2 is 2.05 bits per heavy atom. The highest BCUT2D eigenvalue weighted by molar-refractivity contribution is 6.31. The maximum atomic E-state index is 6.11. The van der Waals surface area contributed by atoms with Gasteiger partial charge in [-0.1, -0.05) is 23.7 Å². The van der Waals surface area contributed by atoms with Crippen LogP contribution in [0.2, 0.25) is 5.02 Å². The van der Waals surface area contributed by atoms with Crippen LogP contribution in [-0.4, -0.2) is 23.6 Å². The van der Waals surface area contributed by atoms with Crippen LogP contribution in [0.15, 0.2) is 30.5 Å². The summed E-state index contributed by atoms with van der Waals surface area (Å²) in [7, 11) is 2.07. The van der Waals surface area contributed by atoms with E-state index in [0.717, 1.165) is 37.5 Å². The molecule has 0 bridgehead atoms. The van der Waals surface area contributed by atoms with Gasteiger partial charge in [0.2, 0.25) is 0 Å². The summed E-state index contributed by atoms with van der Waals surface area (Å²) in [5.41, 5.74) is 3.86. The van der Waals surface area contributed by atoms with Crippen LogP contribution >= 0.6 is 11.6 Å². The molecule has 0 radical (unpaired) electrons. The fraction of sp³-hybridized carbons (Fsp3) is 0.412. The molecule has 0 amide bonds. The zero-order valence-corrected chi connectivity index (χ0v) is 12.8. The number of hydrogen-bond acceptors (Lipinski definition) is 2. The van der Waals surface area contributed by atoms with Crippen molar-refractivity contribution in [3.63, 3.8) is 0 Å². The first-order valence-corrected chi connectivity index (χ1v) is 7.77. The van der Waals surface area contributed by atoms with E-state index in [-0.39, 0.29) is 5.79 Å². The van der Waals surface area contributed by atoms with Crippen LogP contribution in [0.25, 0.3) is 16.5 Å².